The first-order valence-corrected chi connectivity index (χ1v) is 6.74. The molecule has 5 nitrogen and oxygen atoms in total. The monoisotopic (exact) mass is 278 g/mol. The van der Waals surface area contributed by atoms with Crippen molar-refractivity contribution in [3.63, 3.8) is 0 Å². The molecule has 3 N–H and O–H groups in total. The molecule has 0 radical (unpaired) electrons. The molecule has 1 aromatic rings. The molecule has 0 saturated heterocycles. The summed E-state index contributed by atoms with van der Waals surface area (Å²) in [7, 11) is 1.33. The zero-order valence-corrected chi connectivity index (χ0v) is 12.2. The Hall–Kier alpha value is -1.88. The third kappa shape index (κ3) is 3.81. The van der Waals surface area contributed by atoms with Gasteiger partial charge in [0.15, 0.2) is 0 Å². The van der Waals surface area contributed by atoms with E-state index in [2.05, 4.69) is 5.32 Å². The van der Waals surface area contributed by atoms with Crippen LogP contribution in [0.15, 0.2) is 18.2 Å². The highest BCUT2D eigenvalue weighted by Gasteiger charge is 2.18. The molecule has 110 valence electrons. The number of esters is 1. The van der Waals surface area contributed by atoms with Crippen LogP contribution in [-0.4, -0.2) is 25.5 Å². The Labute approximate surface area is 119 Å². The molecule has 0 spiro atoms. The number of carbonyl (C=O) groups excluding carboxylic acids is 2. The van der Waals surface area contributed by atoms with Crippen LogP contribution in [0.3, 0.4) is 0 Å². The number of benzene rings is 1. The second kappa shape index (κ2) is 7.65. The summed E-state index contributed by atoms with van der Waals surface area (Å²) < 4.78 is 4.71. The molecule has 0 aromatic heterocycles. The first-order chi connectivity index (χ1) is 9.54. The molecule has 0 bridgehead atoms. The largest absolute Gasteiger partial charge is 0.465 e. The lowest BCUT2D eigenvalue weighted by molar-refractivity contribution is -0.119. The smallest absolute Gasteiger partial charge is 0.338 e. The SMILES string of the molecule is CCCC(CN)C(=O)Nc1cccc(C(=O)OC)c1C. The van der Waals surface area contributed by atoms with Gasteiger partial charge >= 0.3 is 5.97 Å². The van der Waals surface area contributed by atoms with E-state index in [9.17, 15) is 9.59 Å². The minimum atomic E-state index is -0.414. The van der Waals surface area contributed by atoms with E-state index in [0.717, 1.165) is 12.8 Å². The Bertz CT molecular complexity index is 486. The van der Waals surface area contributed by atoms with Crippen LogP contribution in [-0.2, 0) is 9.53 Å². The summed E-state index contributed by atoms with van der Waals surface area (Å²) in [5.41, 5.74) is 7.38. The van der Waals surface area contributed by atoms with Gasteiger partial charge in [0, 0.05) is 12.2 Å². The summed E-state index contributed by atoms with van der Waals surface area (Å²) in [5, 5.41) is 2.84. The van der Waals surface area contributed by atoms with Crippen molar-refractivity contribution in [2.45, 2.75) is 26.7 Å². The molecule has 5 heteroatoms. The predicted molar refractivity (Wildman–Crippen MR) is 78.6 cm³/mol. The Balaban J connectivity index is 2.93. The fourth-order valence-corrected chi connectivity index (χ4v) is 2.04. The zero-order valence-electron chi connectivity index (χ0n) is 12.2. The third-order valence-electron chi connectivity index (χ3n) is 3.29. The molecule has 1 amide bonds. The maximum absolute atomic E-state index is 12.1. The van der Waals surface area contributed by atoms with Crippen LogP contribution in [0.25, 0.3) is 0 Å². The summed E-state index contributed by atoms with van der Waals surface area (Å²) >= 11 is 0. The average molecular weight is 278 g/mol. The molecule has 1 aromatic carbocycles. The van der Waals surface area contributed by atoms with E-state index in [1.165, 1.54) is 7.11 Å². The van der Waals surface area contributed by atoms with Crippen molar-refractivity contribution < 1.29 is 14.3 Å². The molecule has 0 saturated carbocycles. The van der Waals surface area contributed by atoms with Gasteiger partial charge in [0.25, 0.3) is 0 Å². The number of carbonyl (C=O) groups is 2. The lowest BCUT2D eigenvalue weighted by Crippen LogP contribution is -2.29. The van der Waals surface area contributed by atoms with E-state index >= 15 is 0 Å². The Morgan fingerprint density at radius 2 is 2.10 bits per heavy atom. The van der Waals surface area contributed by atoms with Crippen LogP contribution in [0.1, 0.15) is 35.7 Å². The summed E-state index contributed by atoms with van der Waals surface area (Å²) in [6.07, 6.45) is 1.65. The number of rotatable bonds is 6. The zero-order chi connectivity index (χ0) is 15.1. The van der Waals surface area contributed by atoms with Gasteiger partial charge in [-0.25, -0.2) is 4.79 Å². The van der Waals surface area contributed by atoms with Gasteiger partial charge in [-0.05, 0) is 31.0 Å². The fourth-order valence-electron chi connectivity index (χ4n) is 2.04. The Morgan fingerprint density at radius 3 is 2.65 bits per heavy atom. The average Bonchev–Trinajstić information content (AvgIpc) is 2.45. The fraction of sp³-hybridized carbons (Fsp3) is 0.467. The highest BCUT2D eigenvalue weighted by molar-refractivity contribution is 5.97. The lowest BCUT2D eigenvalue weighted by Gasteiger charge is -2.16. The molecule has 0 fully saturated rings. The third-order valence-corrected chi connectivity index (χ3v) is 3.29. The van der Waals surface area contributed by atoms with Gasteiger partial charge in [0.1, 0.15) is 0 Å². The van der Waals surface area contributed by atoms with Crippen LogP contribution >= 0.6 is 0 Å². The van der Waals surface area contributed by atoms with Crippen molar-refractivity contribution in [3.8, 4) is 0 Å². The van der Waals surface area contributed by atoms with Gasteiger partial charge in [-0.3, -0.25) is 4.79 Å². The quantitative estimate of drug-likeness (QED) is 0.781. The van der Waals surface area contributed by atoms with Crippen molar-refractivity contribution in [1.29, 1.82) is 0 Å². The molecule has 0 heterocycles. The second-order valence-corrected chi connectivity index (χ2v) is 4.68. The number of nitrogens with two attached hydrogens (primary N) is 1. The van der Waals surface area contributed by atoms with E-state index < -0.39 is 5.97 Å². The summed E-state index contributed by atoms with van der Waals surface area (Å²) in [5.74, 6) is -0.733. The summed E-state index contributed by atoms with van der Waals surface area (Å²) in [4.78, 5) is 23.7. The molecule has 0 aliphatic rings. The van der Waals surface area contributed by atoms with Gasteiger partial charge in [-0.1, -0.05) is 19.4 Å². The van der Waals surface area contributed by atoms with Crippen LogP contribution in [0.4, 0.5) is 5.69 Å². The summed E-state index contributed by atoms with van der Waals surface area (Å²) in [6, 6.07) is 5.15. The molecular formula is C15H22N2O3. The van der Waals surface area contributed by atoms with Crippen LogP contribution in [0.5, 0.6) is 0 Å². The number of hydrogen-bond acceptors (Lipinski definition) is 4. The molecule has 1 rings (SSSR count). The van der Waals surface area contributed by atoms with Gasteiger partial charge < -0.3 is 15.8 Å². The molecule has 1 unspecified atom stereocenters. The molecular weight excluding hydrogens is 256 g/mol. The first kappa shape index (κ1) is 16.2. The van der Waals surface area contributed by atoms with Crippen molar-refractivity contribution in [1.82, 2.24) is 0 Å². The van der Waals surface area contributed by atoms with Crippen LogP contribution in [0.2, 0.25) is 0 Å². The first-order valence-electron chi connectivity index (χ1n) is 6.74. The number of hydrogen-bond donors (Lipinski definition) is 2. The highest BCUT2D eigenvalue weighted by atomic mass is 16.5. The minimum Gasteiger partial charge on any atom is -0.465 e. The number of anilines is 1. The van der Waals surface area contributed by atoms with Gasteiger partial charge in [0.05, 0.1) is 18.6 Å². The Morgan fingerprint density at radius 1 is 1.40 bits per heavy atom. The highest BCUT2D eigenvalue weighted by Crippen LogP contribution is 2.21. The van der Waals surface area contributed by atoms with E-state index in [-0.39, 0.29) is 11.8 Å². The second-order valence-electron chi connectivity index (χ2n) is 4.68. The lowest BCUT2D eigenvalue weighted by atomic mass is 10.0. The van der Waals surface area contributed by atoms with Gasteiger partial charge in [-0.2, -0.15) is 0 Å². The maximum Gasteiger partial charge on any atom is 0.338 e. The Kier molecular flexibility index (Phi) is 6.18. The summed E-state index contributed by atoms with van der Waals surface area (Å²) in [6.45, 7) is 4.10. The molecule has 20 heavy (non-hydrogen) atoms. The van der Waals surface area contributed by atoms with Gasteiger partial charge in [-0.15, -0.1) is 0 Å². The molecule has 0 aliphatic heterocycles. The van der Waals surface area contributed by atoms with Gasteiger partial charge in [0.2, 0.25) is 5.91 Å². The number of methoxy groups -OCH3 is 1. The predicted octanol–water partition coefficient (Wildman–Crippen LogP) is 2.10. The van der Waals surface area contributed by atoms with Crippen LogP contribution in [0, 0.1) is 12.8 Å². The van der Waals surface area contributed by atoms with E-state index in [1.807, 2.05) is 6.92 Å². The normalized spacial score (nSPS) is 11.8. The number of amides is 1. The van der Waals surface area contributed by atoms with E-state index in [0.29, 0.717) is 23.4 Å². The molecule has 1 atom stereocenters. The van der Waals surface area contributed by atoms with Crippen molar-refractivity contribution in [3.05, 3.63) is 29.3 Å². The minimum absolute atomic E-state index is 0.112. The van der Waals surface area contributed by atoms with Crippen molar-refractivity contribution >= 4 is 17.6 Å². The standard InChI is InChI=1S/C15H22N2O3/c1-4-6-11(9-16)14(18)17-13-8-5-7-12(10(13)2)15(19)20-3/h5,7-8,11H,4,6,9,16H2,1-3H3,(H,17,18). The topological polar surface area (TPSA) is 81.4 Å². The van der Waals surface area contributed by atoms with Crippen LogP contribution < -0.4 is 11.1 Å². The van der Waals surface area contributed by atoms with Crippen molar-refractivity contribution in [2.24, 2.45) is 11.7 Å². The maximum atomic E-state index is 12.1. The number of ether oxygens (including phenoxy) is 1. The number of nitrogens with one attached hydrogen (secondary N) is 1. The van der Waals surface area contributed by atoms with Crippen molar-refractivity contribution in [2.75, 3.05) is 19.0 Å². The molecule has 0 aliphatic carbocycles. The van der Waals surface area contributed by atoms with E-state index in [4.69, 9.17) is 10.5 Å². The van der Waals surface area contributed by atoms with E-state index in [1.54, 1.807) is 25.1 Å².